The molecule has 0 unspecified atom stereocenters. The Morgan fingerprint density at radius 1 is 1.14 bits per heavy atom. The number of carbonyl (C=O) groups is 1. The van der Waals surface area contributed by atoms with E-state index in [0.717, 1.165) is 6.07 Å². The molecular weight excluding hydrogens is 346 g/mol. The van der Waals surface area contributed by atoms with Gasteiger partial charge in [0.05, 0.1) is 12.8 Å². The van der Waals surface area contributed by atoms with Crippen LogP contribution in [0.4, 0.5) is 25.0 Å². The third kappa shape index (κ3) is 3.91. The van der Waals surface area contributed by atoms with Crippen molar-refractivity contribution in [3.8, 4) is 5.75 Å². The Bertz CT molecular complexity index is 640. The van der Waals surface area contributed by atoms with E-state index in [1.807, 2.05) is 0 Å². The van der Waals surface area contributed by atoms with Crippen LogP contribution in [0.2, 0.25) is 0 Å². The minimum absolute atomic E-state index is 0.116. The van der Waals surface area contributed by atoms with Crippen LogP contribution in [0.5, 0.6) is 5.75 Å². The van der Waals surface area contributed by atoms with Gasteiger partial charge in [-0.15, -0.1) is 0 Å². The average molecular weight is 357 g/mol. The van der Waals surface area contributed by atoms with Gasteiger partial charge in [0.25, 0.3) is 0 Å². The molecule has 0 aromatic heterocycles. The lowest BCUT2D eigenvalue weighted by molar-refractivity contribution is 0.262. The predicted molar refractivity (Wildman–Crippen MR) is 79.7 cm³/mol. The van der Waals surface area contributed by atoms with Crippen molar-refractivity contribution in [2.75, 3.05) is 17.7 Å². The summed E-state index contributed by atoms with van der Waals surface area (Å²) in [5, 5.41) is 4.84. The van der Waals surface area contributed by atoms with Gasteiger partial charge in [-0.25, -0.2) is 13.6 Å². The molecule has 2 aromatic rings. The van der Waals surface area contributed by atoms with Crippen LogP contribution < -0.4 is 15.4 Å². The molecule has 0 spiro atoms. The Morgan fingerprint density at radius 3 is 2.38 bits per heavy atom. The van der Waals surface area contributed by atoms with E-state index in [-0.39, 0.29) is 10.2 Å². The molecule has 0 atom stereocenters. The molecule has 2 aromatic carbocycles. The van der Waals surface area contributed by atoms with Crippen molar-refractivity contribution in [1.82, 2.24) is 0 Å². The lowest BCUT2D eigenvalue weighted by Gasteiger charge is -2.10. The Hall–Kier alpha value is -2.15. The summed E-state index contributed by atoms with van der Waals surface area (Å²) in [6.07, 6.45) is 0. The number of halogens is 3. The fourth-order valence-electron chi connectivity index (χ4n) is 1.61. The zero-order valence-corrected chi connectivity index (χ0v) is 12.5. The van der Waals surface area contributed by atoms with Crippen molar-refractivity contribution >= 4 is 33.3 Å². The largest absolute Gasteiger partial charge is 0.497 e. The quantitative estimate of drug-likeness (QED) is 0.857. The molecule has 0 aliphatic carbocycles. The number of hydrogen-bond acceptors (Lipinski definition) is 2. The zero-order valence-electron chi connectivity index (χ0n) is 10.9. The van der Waals surface area contributed by atoms with E-state index in [2.05, 4.69) is 26.6 Å². The summed E-state index contributed by atoms with van der Waals surface area (Å²) in [5.41, 5.74) is 0.370. The van der Waals surface area contributed by atoms with Gasteiger partial charge in [0, 0.05) is 16.2 Å². The molecule has 4 nitrogen and oxygen atoms in total. The minimum atomic E-state index is -0.869. The smallest absolute Gasteiger partial charge is 0.323 e. The van der Waals surface area contributed by atoms with E-state index < -0.39 is 17.7 Å². The lowest BCUT2D eigenvalue weighted by atomic mass is 10.3. The second-order valence-corrected chi connectivity index (χ2v) is 4.91. The monoisotopic (exact) mass is 356 g/mol. The fraction of sp³-hybridized carbons (Fsp3) is 0.0714. The van der Waals surface area contributed by atoms with Crippen LogP contribution in [0.3, 0.4) is 0 Å². The van der Waals surface area contributed by atoms with Gasteiger partial charge < -0.3 is 15.4 Å². The molecule has 21 heavy (non-hydrogen) atoms. The van der Waals surface area contributed by atoms with Crippen LogP contribution in [0.1, 0.15) is 0 Å². The predicted octanol–water partition coefficient (Wildman–Crippen LogP) is 4.38. The molecule has 0 heterocycles. The first-order valence-corrected chi connectivity index (χ1v) is 6.65. The number of nitrogens with one attached hydrogen (secondary N) is 2. The molecule has 0 fully saturated rings. The second-order valence-electron chi connectivity index (χ2n) is 4.05. The molecular formula is C14H11BrF2N2O2. The van der Waals surface area contributed by atoms with E-state index in [1.165, 1.54) is 7.11 Å². The zero-order chi connectivity index (χ0) is 15.4. The van der Waals surface area contributed by atoms with Gasteiger partial charge in [-0.05, 0) is 46.3 Å². The van der Waals surface area contributed by atoms with Crippen LogP contribution in [0.15, 0.2) is 40.9 Å². The van der Waals surface area contributed by atoms with Crippen LogP contribution in [0.25, 0.3) is 0 Å². The van der Waals surface area contributed by atoms with Crippen molar-refractivity contribution < 1.29 is 18.3 Å². The molecule has 2 N–H and O–H groups in total. The first kappa shape index (κ1) is 15.2. The van der Waals surface area contributed by atoms with Gasteiger partial charge in [0.15, 0.2) is 5.82 Å². The highest BCUT2D eigenvalue weighted by molar-refractivity contribution is 9.10. The number of methoxy groups -OCH3 is 1. The summed E-state index contributed by atoms with van der Waals surface area (Å²) in [6.45, 7) is 0. The molecule has 0 saturated carbocycles. The number of amides is 2. The van der Waals surface area contributed by atoms with E-state index in [0.29, 0.717) is 17.5 Å². The molecule has 2 rings (SSSR count). The molecule has 0 aliphatic rings. The topological polar surface area (TPSA) is 50.4 Å². The highest BCUT2D eigenvalue weighted by Crippen LogP contribution is 2.27. The Morgan fingerprint density at radius 2 is 1.81 bits per heavy atom. The van der Waals surface area contributed by atoms with Crippen molar-refractivity contribution in [1.29, 1.82) is 0 Å². The highest BCUT2D eigenvalue weighted by atomic mass is 79.9. The molecule has 2 amide bonds. The number of urea groups is 1. The lowest BCUT2D eigenvalue weighted by Crippen LogP contribution is -2.20. The molecule has 0 aliphatic heterocycles. The summed E-state index contributed by atoms with van der Waals surface area (Å²) >= 11 is 2.99. The number of benzene rings is 2. The summed E-state index contributed by atoms with van der Waals surface area (Å²) < 4.78 is 31.6. The molecule has 0 saturated heterocycles. The van der Waals surface area contributed by atoms with Gasteiger partial charge in [-0.2, -0.15) is 0 Å². The fourth-order valence-corrected chi connectivity index (χ4v) is 2.12. The number of carbonyl (C=O) groups excluding carboxylic acids is 1. The molecule has 7 heteroatoms. The van der Waals surface area contributed by atoms with Crippen LogP contribution in [-0.4, -0.2) is 13.1 Å². The summed E-state index contributed by atoms with van der Waals surface area (Å²) in [4.78, 5) is 11.8. The Kier molecular flexibility index (Phi) is 4.74. The summed E-state index contributed by atoms with van der Waals surface area (Å²) in [7, 11) is 1.53. The number of anilines is 2. The SMILES string of the molecule is COc1ccc(NC(=O)Nc2c(F)cc(F)cc2Br)cc1. The number of ether oxygens (including phenoxy) is 1. The molecule has 0 bridgehead atoms. The third-order valence-corrected chi connectivity index (χ3v) is 3.22. The normalized spacial score (nSPS) is 10.1. The van der Waals surface area contributed by atoms with Gasteiger partial charge in [-0.3, -0.25) is 0 Å². The standard InChI is InChI=1S/C14H11BrF2N2O2/c1-21-10-4-2-9(3-5-10)18-14(20)19-13-11(15)6-8(16)7-12(13)17/h2-7H,1H3,(H2,18,19,20). The maximum Gasteiger partial charge on any atom is 0.323 e. The van der Waals surface area contributed by atoms with Crippen molar-refractivity contribution in [2.45, 2.75) is 0 Å². The first-order valence-electron chi connectivity index (χ1n) is 5.86. The van der Waals surface area contributed by atoms with Crippen molar-refractivity contribution in [3.05, 3.63) is 52.5 Å². The molecule has 110 valence electrons. The van der Waals surface area contributed by atoms with Crippen molar-refractivity contribution in [2.24, 2.45) is 0 Å². The van der Waals surface area contributed by atoms with Crippen LogP contribution in [0, 0.1) is 11.6 Å². The molecule has 0 radical (unpaired) electrons. The maximum atomic E-state index is 13.6. The average Bonchev–Trinajstić information content (AvgIpc) is 2.43. The van der Waals surface area contributed by atoms with Crippen LogP contribution in [-0.2, 0) is 0 Å². The van der Waals surface area contributed by atoms with Gasteiger partial charge in [0.1, 0.15) is 11.6 Å². The number of rotatable bonds is 3. The Labute approximate surface area is 128 Å². The van der Waals surface area contributed by atoms with E-state index in [1.54, 1.807) is 24.3 Å². The van der Waals surface area contributed by atoms with E-state index in [4.69, 9.17) is 4.74 Å². The maximum absolute atomic E-state index is 13.6. The van der Waals surface area contributed by atoms with Crippen molar-refractivity contribution in [3.63, 3.8) is 0 Å². The minimum Gasteiger partial charge on any atom is -0.497 e. The van der Waals surface area contributed by atoms with Gasteiger partial charge in [-0.1, -0.05) is 0 Å². The summed E-state index contributed by atoms with van der Waals surface area (Å²) in [6, 6.07) is 7.71. The van der Waals surface area contributed by atoms with Crippen LogP contribution >= 0.6 is 15.9 Å². The van der Waals surface area contributed by atoms with E-state index >= 15 is 0 Å². The highest BCUT2D eigenvalue weighted by Gasteiger charge is 2.12. The van der Waals surface area contributed by atoms with Gasteiger partial charge in [0.2, 0.25) is 0 Å². The Balaban J connectivity index is 2.08. The summed E-state index contributed by atoms with van der Waals surface area (Å²) in [5.74, 6) is -0.958. The number of hydrogen-bond donors (Lipinski definition) is 2. The van der Waals surface area contributed by atoms with Gasteiger partial charge >= 0.3 is 6.03 Å². The third-order valence-electron chi connectivity index (χ3n) is 2.59. The first-order chi connectivity index (χ1) is 9.99. The second kappa shape index (κ2) is 6.53. The van der Waals surface area contributed by atoms with E-state index in [9.17, 15) is 13.6 Å².